The number of hydrogen-bond donors (Lipinski definition) is 1. The van der Waals surface area contributed by atoms with E-state index in [1.54, 1.807) is 25.4 Å². The number of carbonyl (C=O) groups is 1. The quantitative estimate of drug-likeness (QED) is 0.483. The first-order valence-electron chi connectivity index (χ1n) is 9.40. The van der Waals surface area contributed by atoms with Gasteiger partial charge in [-0.2, -0.15) is 0 Å². The first kappa shape index (κ1) is 20.4. The minimum absolute atomic E-state index is 0.102. The van der Waals surface area contributed by atoms with E-state index in [4.69, 9.17) is 20.9 Å². The lowest BCUT2D eigenvalue weighted by molar-refractivity contribution is 0.101. The number of hydrogen-bond acceptors (Lipinski definition) is 5. The molecule has 0 aliphatic rings. The van der Waals surface area contributed by atoms with Crippen molar-refractivity contribution in [2.75, 3.05) is 12.4 Å². The maximum atomic E-state index is 12.6. The highest BCUT2D eigenvalue weighted by Gasteiger charge is 2.16. The van der Waals surface area contributed by atoms with Crippen LogP contribution in [0.1, 0.15) is 16.1 Å². The minimum Gasteiger partial charge on any atom is -0.496 e. The molecule has 0 saturated heterocycles. The number of benzene rings is 2. The lowest BCUT2D eigenvalue weighted by Gasteiger charge is -2.10. The highest BCUT2D eigenvalue weighted by atomic mass is 35.5. The molecule has 1 amide bonds. The summed E-state index contributed by atoms with van der Waals surface area (Å²) in [7, 11) is 1.56. The summed E-state index contributed by atoms with van der Waals surface area (Å²) < 4.78 is 12.1. The molecule has 4 rings (SSSR count). The van der Waals surface area contributed by atoms with Crippen LogP contribution in [-0.4, -0.2) is 22.7 Å². The van der Waals surface area contributed by atoms with Gasteiger partial charge in [0.2, 0.25) is 0 Å². The van der Waals surface area contributed by atoms with Crippen molar-refractivity contribution in [2.24, 2.45) is 0 Å². The van der Waals surface area contributed by atoms with Crippen LogP contribution in [-0.2, 0) is 6.54 Å². The van der Waals surface area contributed by atoms with Crippen molar-refractivity contribution in [3.63, 3.8) is 0 Å². The van der Waals surface area contributed by atoms with Crippen molar-refractivity contribution >= 4 is 23.2 Å². The van der Waals surface area contributed by atoms with Crippen molar-refractivity contribution in [3.05, 3.63) is 99.6 Å². The molecule has 2 heterocycles. The van der Waals surface area contributed by atoms with Crippen LogP contribution in [0.2, 0.25) is 5.02 Å². The zero-order valence-corrected chi connectivity index (χ0v) is 17.3. The Morgan fingerprint density at radius 2 is 1.90 bits per heavy atom. The third-order valence-electron chi connectivity index (χ3n) is 4.66. The summed E-state index contributed by atoms with van der Waals surface area (Å²) in [6.07, 6.45) is 1.56. The second kappa shape index (κ2) is 8.89. The van der Waals surface area contributed by atoms with E-state index >= 15 is 0 Å². The van der Waals surface area contributed by atoms with Gasteiger partial charge in [-0.15, -0.1) is 0 Å². The van der Waals surface area contributed by atoms with Crippen molar-refractivity contribution in [3.8, 4) is 17.1 Å². The first-order valence-corrected chi connectivity index (χ1v) is 9.78. The fourth-order valence-corrected chi connectivity index (χ4v) is 3.29. The Kier molecular flexibility index (Phi) is 5.86. The van der Waals surface area contributed by atoms with E-state index < -0.39 is 5.91 Å². The number of anilines is 1. The maximum absolute atomic E-state index is 12.6. The van der Waals surface area contributed by atoms with E-state index in [0.29, 0.717) is 27.8 Å². The van der Waals surface area contributed by atoms with Gasteiger partial charge in [-0.25, -0.2) is 0 Å². The molecule has 0 aliphatic heterocycles. The molecule has 31 heavy (non-hydrogen) atoms. The molecule has 1 N–H and O–H groups in total. The number of nitrogens with zero attached hydrogens (tertiary/aromatic N) is 2. The largest absolute Gasteiger partial charge is 0.496 e. The number of pyridine rings is 1. The summed E-state index contributed by atoms with van der Waals surface area (Å²) in [4.78, 5) is 24.9. The number of para-hydroxylation sites is 1. The SMILES string of the molecule is COc1ccccc1-c1cc(C(=O)Nc2ccc(=O)n(Cc3ccccc3Cl)c2)no1. The predicted molar refractivity (Wildman–Crippen MR) is 118 cm³/mol. The van der Waals surface area contributed by atoms with Crippen LogP contribution in [0.25, 0.3) is 11.3 Å². The third-order valence-corrected chi connectivity index (χ3v) is 5.02. The van der Waals surface area contributed by atoms with Crippen molar-refractivity contribution in [1.82, 2.24) is 9.72 Å². The van der Waals surface area contributed by atoms with Gasteiger partial charge in [0.25, 0.3) is 11.5 Å². The molecule has 0 fully saturated rings. The molecule has 0 unspecified atom stereocenters. The van der Waals surface area contributed by atoms with E-state index in [2.05, 4.69) is 10.5 Å². The summed E-state index contributed by atoms with van der Waals surface area (Å²) in [5, 5.41) is 7.15. The van der Waals surface area contributed by atoms with Crippen molar-refractivity contribution < 1.29 is 14.1 Å². The Morgan fingerprint density at radius 1 is 1.13 bits per heavy atom. The summed E-state index contributed by atoms with van der Waals surface area (Å²) in [5.74, 6) is 0.552. The maximum Gasteiger partial charge on any atom is 0.277 e. The molecule has 156 valence electrons. The van der Waals surface area contributed by atoms with Crippen LogP contribution in [0.3, 0.4) is 0 Å². The number of nitrogens with one attached hydrogen (secondary N) is 1. The number of rotatable bonds is 6. The number of methoxy groups -OCH3 is 1. The number of aromatic nitrogens is 2. The van der Waals surface area contributed by atoms with E-state index in [1.807, 2.05) is 36.4 Å². The molecule has 2 aromatic carbocycles. The van der Waals surface area contributed by atoms with E-state index in [-0.39, 0.29) is 17.8 Å². The number of halogens is 1. The van der Waals surface area contributed by atoms with Gasteiger partial charge in [0.05, 0.1) is 24.9 Å². The Bertz CT molecular complexity index is 1300. The van der Waals surface area contributed by atoms with Gasteiger partial charge in [0, 0.05) is 23.4 Å². The highest BCUT2D eigenvalue weighted by molar-refractivity contribution is 6.31. The first-order chi connectivity index (χ1) is 15.0. The van der Waals surface area contributed by atoms with E-state index in [1.165, 1.54) is 22.8 Å². The Hall–Kier alpha value is -3.84. The monoisotopic (exact) mass is 435 g/mol. The zero-order valence-electron chi connectivity index (χ0n) is 16.5. The van der Waals surface area contributed by atoms with Crippen LogP contribution >= 0.6 is 11.6 Å². The second-order valence-corrected chi connectivity index (χ2v) is 7.11. The third kappa shape index (κ3) is 4.51. The highest BCUT2D eigenvalue weighted by Crippen LogP contribution is 2.30. The second-order valence-electron chi connectivity index (χ2n) is 6.71. The molecule has 0 radical (unpaired) electrons. The van der Waals surface area contributed by atoms with Gasteiger partial charge in [0.1, 0.15) is 5.75 Å². The fourth-order valence-electron chi connectivity index (χ4n) is 3.09. The van der Waals surface area contributed by atoms with Crippen LogP contribution < -0.4 is 15.6 Å². The fraction of sp³-hybridized carbons (Fsp3) is 0.0870. The summed E-state index contributed by atoms with van der Waals surface area (Å²) in [6.45, 7) is 0.282. The van der Waals surface area contributed by atoms with E-state index in [0.717, 1.165) is 5.56 Å². The minimum atomic E-state index is -0.465. The van der Waals surface area contributed by atoms with Gasteiger partial charge in [-0.1, -0.05) is 47.1 Å². The molecule has 0 bridgehead atoms. The summed E-state index contributed by atoms with van der Waals surface area (Å²) in [6, 6.07) is 19.0. The number of ether oxygens (including phenoxy) is 1. The Morgan fingerprint density at radius 3 is 2.71 bits per heavy atom. The smallest absolute Gasteiger partial charge is 0.277 e. The molecule has 0 atom stereocenters. The van der Waals surface area contributed by atoms with Crippen molar-refractivity contribution in [1.29, 1.82) is 0 Å². The molecule has 0 aliphatic carbocycles. The number of amides is 1. The molecular weight excluding hydrogens is 418 g/mol. The molecule has 0 saturated carbocycles. The lowest BCUT2D eigenvalue weighted by Crippen LogP contribution is -2.21. The Labute approximate surface area is 182 Å². The van der Waals surface area contributed by atoms with E-state index in [9.17, 15) is 9.59 Å². The molecule has 2 aromatic heterocycles. The molecule has 4 aromatic rings. The normalized spacial score (nSPS) is 10.6. The standard InChI is InChI=1S/C23H18ClN3O4/c1-30-20-9-5-3-7-17(20)21-12-19(26-31-21)23(29)25-16-10-11-22(28)27(14-16)13-15-6-2-4-8-18(15)24/h2-12,14H,13H2,1H3,(H,25,29). The molecule has 7 nitrogen and oxygen atoms in total. The lowest BCUT2D eigenvalue weighted by atomic mass is 10.1. The molecule has 8 heteroatoms. The van der Waals surface area contributed by atoms with Crippen LogP contribution in [0.5, 0.6) is 5.75 Å². The van der Waals surface area contributed by atoms with Gasteiger partial charge in [0.15, 0.2) is 11.5 Å². The Balaban J connectivity index is 1.54. The topological polar surface area (TPSA) is 86.4 Å². The van der Waals surface area contributed by atoms with Gasteiger partial charge in [-0.05, 0) is 29.8 Å². The average Bonchev–Trinajstić information content (AvgIpc) is 3.28. The summed E-state index contributed by atoms with van der Waals surface area (Å²) >= 11 is 6.19. The predicted octanol–water partition coefficient (Wildman–Crippen LogP) is 4.47. The molecular formula is C23H18ClN3O4. The van der Waals surface area contributed by atoms with Gasteiger partial charge in [-0.3, -0.25) is 9.59 Å². The van der Waals surface area contributed by atoms with Crippen LogP contribution in [0.4, 0.5) is 5.69 Å². The van der Waals surface area contributed by atoms with Crippen LogP contribution in [0, 0.1) is 0 Å². The zero-order chi connectivity index (χ0) is 21.8. The number of carbonyl (C=O) groups excluding carboxylic acids is 1. The van der Waals surface area contributed by atoms with Crippen LogP contribution in [0.15, 0.2) is 82.2 Å². The van der Waals surface area contributed by atoms with Gasteiger partial charge >= 0.3 is 0 Å². The molecule has 0 spiro atoms. The summed E-state index contributed by atoms with van der Waals surface area (Å²) in [5.41, 5.74) is 1.82. The average molecular weight is 436 g/mol. The van der Waals surface area contributed by atoms with Crippen molar-refractivity contribution in [2.45, 2.75) is 6.54 Å². The van der Waals surface area contributed by atoms with Gasteiger partial charge < -0.3 is 19.1 Å².